The maximum atomic E-state index is 11.8. The molecule has 0 saturated heterocycles. The molecular formula is C11H7ClN4OS. The van der Waals surface area contributed by atoms with E-state index in [-0.39, 0.29) is 6.03 Å². The number of carbonyl (C=O) groups is 1. The standard InChI is InChI=1S/C11H7ClN4OS/c12-7-2-1-3-8-9(7)14-10(18-8)15-11(17)16-5-4-13-6-16/h1-6H,(H,14,15,17). The second-order valence-electron chi connectivity index (χ2n) is 3.51. The number of anilines is 1. The van der Waals surface area contributed by atoms with Crippen molar-refractivity contribution in [1.82, 2.24) is 14.5 Å². The molecule has 0 aliphatic heterocycles. The number of rotatable bonds is 1. The molecule has 90 valence electrons. The Hall–Kier alpha value is -1.92. The molecule has 2 heterocycles. The molecule has 0 aliphatic rings. The summed E-state index contributed by atoms with van der Waals surface area (Å²) in [6.07, 6.45) is 4.53. The average Bonchev–Trinajstić information content (AvgIpc) is 2.97. The van der Waals surface area contributed by atoms with Crippen molar-refractivity contribution in [3.05, 3.63) is 41.9 Å². The van der Waals surface area contributed by atoms with Crippen LogP contribution in [0.4, 0.5) is 9.93 Å². The molecule has 0 fully saturated rings. The zero-order valence-corrected chi connectivity index (χ0v) is 10.6. The largest absolute Gasteiger partial charge is 0.333 e. The molecule has 5 nitrogen and oxygen atoms in total. The van der Waals surface area contributed by atoms with Crippen molar-refractivity contribution in [2.75, 3.05) is 5.32 Å². The van der Waals surface area contributed by atoms with Gasteiger partial charge in [-0.25, -0.2) is 14.8 Å². The highest BCUT2D eigenvalue weighted by Crippen LogP contribution is 2.30. The molecule has 3 rings (SSSR count). The monoisotopic (exact) mass is 278 g/mol. The number of benzene rings is 1. The van der Waals surface area contributed by atoms with E-state index in [4.69, 9.17) is 11.6 Å². The van der Waals surface area contributed by atoms with Gasteiger partial charge in [0.25, 0.3) is 0 Å². The van der Waals surface area contributed by atoms with Gasteiger partial charge in [-0.3, -0.25) is 9.88 Å². The van der Waals surface area contributed by atoms with Crippen LogP contribution in [0.2, 0.25) is 5.02 Å². The lowest BCUT2D eigenvalue weighted by Gasteiger charge is -1.99. The van der Waals surface area contributed by atoms with Crippen LogP contribution in [0.5, 0.6) is 0 Å². The van der Waals surface area contributed by atoms with Crippen LogP contribution in [-0.4, -0.2) is 20.6 Å². The Kier molecular flexibility index (Phi) is 2.73. The fourth-order valence-electron chi connectivity index (χ4n) is 1.50. The quantitative estimate of drug-likeness (QED) is 0.743. The molecule has 0 bridgehead atoms. The summed E-state index contributed by atoms with van der Waals surface area (Å²) >= 11 is 7.40. The summed E-state index contributed by atoms with van der Waals surface area (Å²) in [5, 5.41) is 3.78. The first kappa shape index (κ1) is 11.2. The van der Waals surface area contributed by atoms with E-state index in [0.717, 1.165) is 4.70 Å². The van der Waals surface area contributed by atoms with Crippen molar-refractivity contribution >= 4 is 44.3 Å². The normalized spacial score (nSPS) is 10.7. The van der Waals surface area contributed by atoms with Gasteiger partial charge in [0.1, 0.15) is 11.8 Å². The number of thiazole rings is 1. The van der Waals surface area contributed by atoms with E-state index in [1.54, 1.807) is 12.3 Å². The minimum atomic E-state index is -0.303. The first-order valence-electron chi connectivity index (χ1n) is 5.08. The third kappa shape index (κ3) is 1.96. The topological polar surface area (TPSA) is 59.8 Å². The van der Waals surface area contributed by atoms with Gasteiger partial charge < -0.3 is 0 Å². The molecule has 1 amide bonds. The maximum absolute atomic E-state index is 11.8. The Balaban J connectivity index is 1.92. The van der Waals surface area contributed by atoms with Gasteiger partial charge in [0.05, 0.1) is 9.72 Å². The predicted octanol–water partition coefficient (Wildman–Crippen LogP) is 3.23. The van der Waals surface area contributed by atoms with Crippen LogP contribution in [0, 0.1) is 0 Å². The van der Waals surface area contributed by atoms with Crippen molar-refractivity contribution in [3.8, 4) is 0 Å². The van der Waals surface area contributed by atoms with E-state index < -0.39 is 0 Å². The highest BCUT2D eigenvalue weighted by molar-refractivity contribution is 7.22. The van der Waals surface area contributed by atoms with E-state index in [9.17, 15) is 4.79 Å². The third-order valence-electron chi connectivity index (χ3n) is 2.32. The average molecular weight is 279 g/mol. The molecule has 2 aromatic heterocycles. The minimum Gasteiger partial charge on any atom is -0.283 e. The molecule has 1 N–H and O–H groups in total. The number of para-hydroxylation sites is 1. The van der Waals surface area contributed by atoms with Crippen LogP contribution in [-0.2, 0) is 0 Å². The van der Waals surface area contributed by atoms with Crippen LogP contribution >= 0.6 is 22.9 Å². The van der Waals surface area contributed by atoms with E-state index in [1.807, 2.05) is 12.1 Å². The number of nitrogens with zero attached hydrogens (tertiary/aromatic N) is 3. The van der Waals surface area contributed by atoms with Crippen molar-refractivity contribution < 1.29 is 4.79 Å². The van der Waals surface area contributed by atoms with Crippen molar-refractivity contribution in [3.63, 3.8) is 0 Å². The van der Waals surface area contributed by atoms with Crippen LogP contribution < -0.4 is 5.32 Å². The maximum Gasteiger partial charge on any atom is 0.333 e. The summed E-state index contributed by atoms with van der Waals surface area (Å²) in [5.41, 5.74) is 0.699. The zero-order valence-electron chi connectivity index (χ0n) is 9.00. The first-order chi connectivity index (χ1) is 8.74. The van der Waals surface area contributed by atoms with Gasteiger partial charge in [0.2, 0.25) is 0 Å². The van der Waals surface area contributed by atoms with Gasteiger partial charge in [-0.05, 0) is 12.1 Å². The van der Waals surface area contributed by atoms with Gasteiger partial charge in [-0.2, -0.15) is 0 Å². The lowest BCUT2D eigenvalue weighted by atomic mass is 10.3. The van der Waals surface area contributed by atoms with Crippen LogP contribution in [0.3, 0.4) is 0 Å². The Morgan fingerprint density at radius 3 is 3.06 bits per heavy atom. The number of nitrogens with one attached hydrogen (secondary N) is 1. The number of hydrogen-bond acceptors (Lipinski definition) is 4. The van der Waals surface area contributed by atoms with Crippen LogP contribution in [0.1, 0.15) is 0 Å². The Morgan fingerprint density at radius 1 is 1.44 bits per heavy atom. The second-order valence-corrected chi connectivity index (χ2v) is 4.94. The summed E-state index contributed by atoms with van der Waals surface area (Å²) in [4.78, 5) is 19.9. The van der Waals surface area contributed by atoms with E-state index in [0.29, 0.717) is 15.7 Å². The number of aromatic nitrogens is 3. The summed E-state index contributed by atoms with van der Waals surface area (Å²) in [6, 6.07) is 5.23. The van der Waals surface area contributed by atoms with E-state index >= 15 is 0 Å². The highest BCUT2D eigenvalue weighted by atomic mass is 35.5. The molecule has 0 radical (unpaired) electrons. The zero-order chi connectivity index (χ0) is 12.5. The van der Waals surface area contributed by atoms with Gasteiger partial charge >= 0.3 is 6.03 Å². The van der Waals surface area contributed by atoms with Gasteiger partial charge in [0.15, 0.2) is 5.13 Å². The molecular weight excluding hydrogens is 272 g/mol. The summed E-state index contributed by atoms with van der Waals surface area (Å²) in [6.45, 7) is 0. The molecule has 3 aromatic rings. The van der Waals surface area contributed by atoms with Gasteiger partial charge in [-0.1, -0.05) is 29.0 Å². The smallest absolute Gasteiger partial charge is 0.283 e. The van der Waals surface area contributed by atoms with Gasteiger partial charge in [-0.15, -0.1) is 0 Å². The van der Waals surface area contributed by atoms with Gasteiger partial charge in [0, 0.05) is 12.4 Å². The fourth-order valence-corrected chi connectivity index (χ4v) is 2.66. The number of hydrogen-bond donors (Lipinski definition) is 1. The molecule has 0 saturated carbocycles. The number of carbonyl (C=O) groups excluding carboxylic acids is 1. The minimum absolute atomic E-state index is 0.303. The molecule has 0 unspecified atom stereocenters. The lowest BCUT2D eigenvalue weighted by Crippen LogP contribution is -2.17. The fraction of sp³-hybridized carbons (Fsp3) is 0. The molecule has 0 spiro atoms. The number of halogens is 1. The summed E-state index contributed by atoms with van der Waals surface area (Å²) in [5.74, 6) is 0. The van der Waals surface area contributed by atoms with E-state index in [1.165, 1.54) is 28.4 Å². The Labute approximate surface area is 111 Å². The molecule has 18 heavy (non-hydrogen) atoms. The van der Waals surface area contributed by atoms with Crippen molar-refractivity contribution in [2.24, 2.45) is 0 Å². The predicted molar refractivity (Wildman–Crippen MR) is 71.3 cm³/mol. The Bertz CT molecular complexity index is 707. The van der Waals surface area contributed by atoms with Crippen LogP contribution in [0.25, 0.3) is 10.2 Å². The Morgan fingerprint density at radius 2 is 2.33 bits per heavy atom. The van der Waals surface area contributed by atoms with E-state index in [2.05, 4.69) is 15.3 Å². The molecule has 7 heteroatoms. The number of fused-ring (bicyclic) bond motifs is 1. The lowest BCUT2D eigenvalue weighted by molar-refractivity contribution is 0.253. The summed E-state index contributed by atoms with van der Waals surface area (Å²) < 4.78 is 2.27. The van der Waals surface area contributed by atoms with Crippen molar-refractivity contribution in [2.45, 2.75) is 0 Å². The molecule has 0 atom stereocenters. The van der Waals surface area contributed by atoms with Crippen LogP contribution in [0.15, 0.2) is 36.9 Å². The first-order valence-corrected chi connectivity index (χ1v) is 6.28. The van der Waals surface area contributed by atoms with Crippen molar-refractivity contribution in [1.29, 1.82) is 0 Å². The number of imidazole rings is 1. The second kappa shape index (κ2) is 4.40. The highest BCUT2D eigenvalue weighted by Gasteiger charge is 2.10. The SMILES string of the molecule is O=C(Nc1nc2c(Cl)cccc2s1)n1ccnc1. The molecule has 1 aromatic carbocycles. The number of amides is 1. The summed E-state index contributed by atoms with van der Waals surface area (Å²) in [7, 11) is 0. The molecule has 0 aliphatic carbocycles. The third-order valence-corrected chi connectivity index (χ3v) is 3.56.